The van der Waals surface area contributed by atoms with Crippen molar-refractivity contribution >= 4 is 34.4 Å². The van der Waals surface area contributed by atoms with Gasteiger partial charge in [-0.2, -0.15) is 20.2 Å². The minimum atomic E-state index is -0.929. The van der Waals surface area contributed by atoms with Crippen molar-refractivity contribution in [2.45, 2.75) is 19.4 Å². The van der Waals surface area contributed by atoms with Crippen LogP contribution >= 0.6 is 11.6 Å². The number of nitrogens with one attached hydrogen (secondary N) is 1. The Kier molecular flexibility index (Phi) is 5.33. The molecule has 0 saturated carbocycles. The van der Waals surface area contributed by atoms with E-state index in [-0.39, 0.29) is 22.9 Å². The lowest BCUT2D eigenvalue weighted by molar-refractivity contribution is 0.481. The predicted molar refractivity (Wildman–Crippen MR) is 126 cm³/mol. The molecule has 0 fully saturated rings. The molecule has 34 heavy (non-hydrogen) atoms. The molecule has 2 aromatic heterocycles. The summed E-state index contributed by atoms with van der Waals surface area (Å²) in [7, 11) is 3.50. The fraction of sp³-hybridized carbons (Fsp3) is 0.250. The molecule has 172 valence electrons. The SMILES string of the molecule is Cc1ccc([C@H]2c3[nH]c4ccc(Cl)cc4c3CCN2c2nc(C#N)nc(N(C)C)n2)c(F)c1F. The molecule has 7 nitrogen and oxygen atoms in total. The van der Waals surface area contributed by atoms with Crippen LogP contribution in [0.3, 0.4) is 0 Å². The molecular weight excluding hydrogens is 460 g/mol. The minimum absolute atomic E-state index is 0.0581. The number of nitrogens with zero attached hydrogens (tertiary/aromatic N) is 6. The number of fused-ring (bicyclic) bond motifs is 3. The van der Waals surface area contributed by atoms with Crippen molar-refractivity contribution < 1.29 is 8.78 Å². The van der Waals surface area contributed by atoms with Gasteiger partial charge in [0.25, 0.3) is 0 Å². The third-order valence-corrected chi connectivity index (χ3v) is 6.29. The van der Waals surface area contributed by atoms with E-state index in [1.165, 1.54) is 6.92 Å². The summed E-state index contributed by atoms with van der Waals surface area (Å²) in [5, 5.41) is 11.0. The largest absolute Gasteiger partial charge is 0.356 e. The zero-order valence-electron chi connectivity index (χ0n) is 18.7. The molecule has 10 heteroatoms. The summed E-state index contributed by atoms with van der Waals surface area (Å²) in [6.07, 6.45) is 0.590. The number of halogens is 3. The Labute approximate surface area is 199 Å². The lowest BCUT2D eigenvalue weighted by atomic mass is 9.91. The van der Waals surface area contributed by atoms with Gasteiger partial charge in [0.15, 0.2) is 11.6 Å². The number of anilines is 2. The van der Waals surface area contributed by atoms with Crippen molar-refractivity contribution in [3.8, 4) is 6.07 Å². The maximum absolute atomic E-state index is 15.4. The van der Waals surface area contributed by atoms with E-state index in [0.29, 0.717) is 29.6 Å². The normalized spacial score (nSPS) is 15.3. The first kappa shape index (κ1) is 22.0. The van der Waals surface area contributed by atoms with Gasteiger partial charge < -0.3 is 14.8 Å². The molecule has 0 saturated heterocycles. The molecule has 0 radical (unpaired) electrons. The molecule has 5 rings (SSSR count). The maximum atomic E-state index is 15.4. The molecule has 3 heterocycles. The van der Waals surface area contributed by atoms with E-state index in [1.54, 1.807) is 42.1 Å². The lowest BCUT2D eigenvalue weighted by Gasteiger charge is -2.36. The van der Waals surface area contributed by atoms with E-state index in [0.717, 1.165) is 16.5 Å². The van der Waals surface area contributed by atoms with Crippen LogP contribution in [-0.4, -0.2) is 40.6 Å². The Hall–Kier alpha value is -3.77. The van der Waals surface area contributed by atoms with Crippen LogP contribution in [0.4, 0.5) is 20.7 Å². The van der Waals surface area contributed by atoms with E-state index in [1.807, 2.05) is 18.2 Å². The van der Waals surface area contributed by atoms with Crippen molar-refractivity contribution in [1.29, 1.82) is 5.26 Å². The molecule has 0 amide bonds. The first-order valence-electron chi connectivity index (χ1n) is 10.6. The monoisotopic (exact) mass is 479 g/mol. The molecule has 2 aromatic carbocycles. The number of nitriles is 1. The van der Waals surface area contributed by atoms with E-state index >= 15 is 4.39 Å². The maximum Gasteiger partial charge on any atom is 0.238 e. The third-order valence-electron chi connectivity index (χ3n) is 6.06. The van der Waals surface area contributed by atoms with Crippen LogP contribution in [0.15, 0.2) is 30.3 Å². The first-order chi connectivity index (χ1) is 16.3. The molecule has 0 bridgehead atoms. The highest BCUT2D eigenvalue weighted by molar-refractivity contribution is 6.31. The van der Waals surface area contributed by atoms with Crippen LogP contribution in [0.2, 0.25) is 5.02 Å². The summed E-state index contributed by atoms with van der Waals surface area (Å²) >= 11 is 6.24. The summed E-state index contributed by atoms with van der Waals surface area (Å²) in [4.78, 5) is 19.8. The predicted octanol–water partition coefficient (Wildman–Crippen LogP) is 4.68. The summed E-state index contributed by atoms with van der Waals surface area (Å²) in [5.74, 6) is -1.38. The van der Waals surface area contributed by atoms with E-state index in [4.69, 9.17) is 11.6 Å². The van der Waals surface area contributed by atoms with Gasteiger partial charge in [-0.1, -0.05) is 23.7 Å². The van der Waals surface area contributed by atoms with Crippen LogP contribution in [0.5, 0.6) is 0 Å². The molecule has 4 aromatic rings. The summed E-state index contributed by atoms with van der Waals surface area (Å²) in [6, 6.07) is 9.85. The number of hydrogen-bond acceptors (Lipinski definition) is 6. The molecule has 0 spiro atoms. The Morgan fingerprint density at radius 1 is 1.15 bits per heavy atom. The van der Waals surface area contributed by atoms with Gasteiger partial charge in [-0.05, 0) is 42.7 Å². The third kappa shape index (κ3) is 3.51. The van der Waals surface area contributed by atoms with Crippen molar-refractivity contribution in [2.24, 2.45) is 0 Å². The Morgan fingerprint density at radius 2 is 1.94 bits per heavy atom. The fourth-order valence-corrected chi connectivity index (χ4v) is 4.58. The van der Waals surface area contributed by atoms with Crippen molar-refractivity contribution in [1.82, 2.24) is 19.9 Å². The zero-order chi connectivity index (χ0) is 24.1. The fourth-order valence-electron chi connectivity index (χ4n) is 4.40. The molecule has 1 atom stereocenters. The molecule has 0 unspecified atom stereocenters. The second-order valence-electron chi connectivity index (χ2n) is 8.42. The Bertz CT molecular complexity index is 1470. The number of benzene rings is 2. The quantitative estimate of drug-likeness (QED) is 0.459. The Morgan fingerprint density at radius 3 is 2.68 bits per heavy atom. The second-order valence-corrected chi connectivity index (χ2v) is 8.85. The van der Waals surface area contributed by atoms with Gasteiger partial charge in [-0.25, -0.2) is 8.78 Å². The van der Waals surface area contributed by atoms with Gasteiger partial charge in [0.05, 0.1) is 0 Å². The molecule has 1 aliphatic heterocycles. The Balaban J connectivity index is 1.77. The number of rotatable bonds is 3. The van der Waals surface area contributed by atoms with Crippen LogP contribution in [0.1, 0.15) is 34.3 Å². The summed E-state index contributed by atoms with van der Waals surface area (Å²) in [6.45, 7) is 1.93. The van der Waals surface area contributed by atoms with Gasteiger partial charge in [-0.3, -0.25) is 0 Å². The van der Waals surface area contributed by atoms with E-state index in [2.05, 4.69) is 19.9 Å². The standard InChI is InChI=1S/C24H20ClF2N7/c1-12-4-6-15(20(27)19(12)26)22-21-14(16-10-13(25)5-7-17(16)29-21)8-9-34(22)24-31-18(11-28)30-23(32-24)33(2)3/h4-7,10,22,29H,8-9H2,1-3H3/t22-/m0/s1. The van der Waals surface area contributed by atoms with Crippen LogP contribution in [0.25, 0.3) is 10.9 Å². The molecule has 0 aliphatic carbocycles. The molecule has 1 aliphatic rings. The zero-order valence-corrected chi connectivity index (χ0v) is 19.5. The van der Waals surface area contributed by atoms with Gasteiger partial charge in [0.1, 0.15) is 12.1 Å². The van der Waals surface area contributed by atoms with Gasteiger partial charge in [0, 0.05) is 47.8 Å². The summed E-state index contributed by atoms with van der Waals surface area (Å²) < 4.78 is 30.0. The highest BCUT2D eigenvalue weighted by Gasteiger charge is 2.36. The first-order valence-corrected chi connectivity index (χ1v) is 11.0. The summed E-state index contributed by atoms with van der Waals surface area (Å²) in [5.41, 5.74) is 2.88. The lowest BCUT2D eigenvalue weighted by Crippen LogP contribution is -2.38. The number of H-pyrrole nitrogens is 1. The van der Waals surface area contributed by atoms with Crippen LogP contribution in [-0.2, 0) is 6.42 Å². The highest BCUT2D eigenvalue weighted by Crippen LogP contribution is 2.41. The van der Waals surface area contributed by atoms with Crippen LogP contribution in [0, 0.1) is 29.9 Å². The average Bonchev–Trinajstić information content (AvgIpc) is 3.20. The minimum Gasteiger partial charge on any atom is -0.356 e. The van der Waals surface area contributed by atoms with Gasteiger partial charge in [0.2, 0.25) is 17.7 Å². The second kappa shape index (κ2) is 8.22. The van der Waals surface area contributed by atoms with Crippen molar-refractivity contribution in [3.63, 3.8) is 0 Å². The number of aromatic amines is 1. The van der Waals surface area contributed by atoms with Crippen molar-refractivity contribution in [3.05, 3.63) is 75.2 Å². The number of aryl methyl sites for hydroxylation is 1. The van der Waals surface area contributed by atoms with E-state index < -0.39 is 17.7 Å². The molecule has 1 N–H and O–H groups in total. The molecular formula is C24H20ClF2N7. The topological polar surface area (TPSA) is 84.7 Å². The van der Waals surface area contributed by atoms with Crippen molar-refractivity contribution in [2.75, 3.05) is 30.4 Å². The van der Waals surface area contributed by atoms with E-state index in [9.17, 15) is 9.65 Å². The number of hydrogen-bond donors (Lipinski definition) is 1. The van der Waals surface area contributed by atoms with Gasteiger partial charge >= 0.3 is 0 Å². The van der Waals surface area contributed by atoms with Crippen LogP contribution < -0.4 is 9.80 Å². The average molecular weight is 480 g/mol. The number of aromatic nitrogens is 4. The van der Waals surface area contributed by atoms with Gasteiger partial charge in [-0.15, -0.1) is 0 Å². The smallest absolute Gasteiger partial charge is 0.238 e. The highest BCUT2D eigenvalue weighted by atomic mass is 35.5.